The maximum absolute atomic E-state index is 4.26. The van der Waals surface area contributed by atoms with E-state index in [4.69, 9.17) is 0 Å². The zero-order valence-corrected chi connectivity index (χ0v) is 12.1. The van der Waals surface area contributed by atoms with E-state index in [1.807, 2.05) is 6.92 Å². The molecule has 1 N–H and O–H groups in total. The number of aryl methyl sites for hydroxylation is 2. The van der Waals surface area contributed by atoms with Crippen LogP contribution >= 0.6 is 0 Å². The van der Waals surface area contributed by atoms with Crippen molar-refractivity contribution in [3.8, 4) is 0 Å². The number of aromatic nitrogens is 3. The van der Waals surface area contributed by atoms with E-state index in [0.717, 1.165) is 30.3 Å². The van der Waals surface area contributed by atoms with Crippen LogP contribution in [0.15, 0.2) is 24.3 Å². The van der Waals surface area contributed by atoms with Gasteiger partial charge in [-0.05, 0) is 39.8 Å². The van der Waals surface area contributed by atoms with Crippen molar-refractivity contribution in [3.05, 3.63) is 41.5 Å². The Kier molecular flexibility index (Phi) is 4.20. The molecule has 0 aliphatic rings. The highest BCUT2D eigenvalue weighted by Crippen LogP contribution is 2.12. The van der Waals surface area contributed by atoms with E-state index in [2.05, 4.69) is 65.1 Å². The molecule has 4 nitrogen and oxygen atoms in total. The first-order valence-corrected chi connectivity index (χ1v) is 6.79. The lowest BCUT2D eigenvalue weighted by Gasteiger charge is -2.12. The van der Waals surface area contributed by atoms with Gasteiger partial charge < -0.3 is 9.88 Å². The average molecular weight is 258 g/mol. The van der Waals surface area contributed by atoms with Crippen molar-refractivity contribution in [1.82, 2.24) is 14.8 Å². The van der Waals surface area contributed by atoms with Gasteiger partial charge in [-0.2, -0.15) is 0 Å². The molecule has 0 atom stereocenters. The van der Waals surface area contributed by atoms with Crippen molar-refractivity contribution in [3.63, 3.8) is 0 Å². The Bertz CT molecular complexity index is 526. The van der Waals surface area contributed by atoms with E-state index >= 15 is 0 Å². The summed E-state index contributed by atoms with van der Waals surface area (Å²) in [5, 5.41) is 11.8. The zero-order chi connectivity index (χ0) is 13.8. The Morgan fingerprint density at radius 2 is 1.79 bits per heavy atom. The summed E-state index contributed by atoms with van der Waals surface area (Å²) in [4.78, 5) is 0. The fourth-order valence-corrected chi connectivity index (χ4v) is 2.25. The van der Waals surface area contributed by atoms with Crippen molar-refractivity contribution < 1.29 is 0 Å². The van der Waals surface area contributed by atoms with Gasteiger partial charge in [0.2, 0.25) is 0 Å². The summed E-state index contributed by atoms with van der Waals surface area (Å²) < 4.78 is 2.19. The minimum atomic E-state index is 0.407. The Morgan fingerprint density at radius 1 is 1.11 bits per heavy atom. The lowest BCUT2D eigenvalue weighted by Crippen LogP contribution is -2.13. The maximum Gasteiger partial charge on any atom is 0.135 e. The van der Waals surface area contributed by atoms with Crippen molar-refractivity contribution in [2.45, 2.75) is 40.2 Å². The summed E-state index contributed by atoms with van der Waals surface area (Å²) in [5.74, 6) is 2.03. The third-order valence-corrected chi connectivity index (χ3v) is 3.18. The van der Waals surface area contributed by atoms with Gasteiger partial charge in [-0.15, -0.1) is 10.2 Å². The van der Waals surface area contributed by atoms with Crippen molar-refractivity contribution in [1.29, 1.82) is 0 Å². The predicted octanol–water partition coefficient (Wildman–Crippen LogP) is 3.13. The van der Waals surface area contributed by atoms with Crippen molar-refractivity contribution in [2.24, 2.45) is 0 Å². The minimum Gasteiger partial charge on any atom is -0.385 e. The van der Waals surface area contributed by atoms with Crippen LogP contribution in [0, 0.1) is 13.8 Å². The molecule has 0 amide bonds. The molecule has 0 bridgehead atoms. The van der Waals surface area contributed by atoms with E-state index in [1.54, 1.807) is 0 Å². The van der Waals surface area contributed by atoms with Gasteiger partial charge in [0.05, 0.1) is 0 Å². The predicted molar refractivity (Wildman–Crippen MR) is 78.5 cm³/mol. The number of nitrogens with zero attached hydrogens (tertiary/aromatic N) is 3. The second-order valence-electron chi connectivity index (χ2n) is 5.17. The summed E-state index contributed by atoms with van der Waals surface area (Å²) >= 11 is 0. The second-order valence-corrected chi connectivity index (χ2v) is 5.17. The van der Waals surface area contributed by atoms with Gasteiger partial charge in [0.15, 0.2) is 0 Å². The Morgan fingerprint density at radius 3 is 2.42 bits per heavy atom. The van der Waals surface area contributed by atoms with E-state index in [-0.39, 0.29) is 0 Å². The summed E-state index contributed by atoms with van der Waals surface area (Å²) in [7, 11) is 0. The number of hydrogen-bond donors (Lipinski definition) is 1. The Balaban J connectivity index is 1.94. The van der Waals surface area contributed by atoms with Crippen molar-refractivity contribution >= 4 is 5.69 Å². The molecule has 0 aliphatic heterocycles. The molecule has 1 aromatic carbocycles. The molecule has 1 aromatic heterocycles. The molecule has 0 saturated heterocycles. The molecule has 19 heavy (non-hydrogen) atoms. The van der Waals surface area contributed by atoms with Crippen LogP contribution in [0.5, 0.6) is 0 Å². The summed E-state index contributed by atoms with van der Waals surface area (Å²) in [5.41, 5.74) is 2.43. The number of hydrogen-bond acceptors (Lipinski definition) is 3. The van der Waals surface area contributed by atoms with Gasteiger partial charge in [-0.1, -0.05) is 17.7 Å². The van der Waals surface area contributed by atoms with Crippen LogP contribution < -0.4 is 5.32 Å². The highest BCUT2D eigenvalue weighted by molar-refractivity contribution is 5.44. The topological polar surface area (TPSA) is 42.7 Å². The minimum absolute atomic E-state index is 0.407. The molecule has 0 spiro atoms. The third-order valence-electron chi connectivity index (χ3n) is 3.18. The first kappa shape index (κ1) is 13.6. The number of benzene rings is 1. The van der Waals surface area contributed by atoms with E-state index in [0.29, 0.717) is 6.04 Å². The Hall–Kier alpha value is -1.84. The third kappa shape index (κ3) is 3.34. The van der Waals surface area contributed by atoms with E-state index < -0.39 is 0 Å². The molecule has 2 aromatic rings. The fourth-order valence-electron chi connectivity index (χ4n) is 2.25. The fraction of sp³-hybridized carbons (Fsp3) is 0.467. The van der Waals surface area contributed by atoms with Gasteiger partial charge in [-0.25, -0.2) is 0 Å². The number of nitrogens with one attached hydrogen (secondary N) is 1. The van der Waals surface area contributed by atoms with E-state index in [1.165, 1.54) is 5.56 Å². The standard InChI is InChI=1S/C15H22N4/c1-11(2)19-13(4)17-18-15(19)9-10-16-14-7-5-12(3)6-8-14/h5-8,11,16H,9-10H2,1-4H3. The summed E-state index contributed by atoms with van der Waals surface area (Å²) in [6.07, 6.45) is 0.882. The largest absolute Gasteiger partial charge is 0.385 e. The number of rotatable bonds is 5. The molecule has 0 radical (unpaired) electrons. The molecule has 1 heterocycles. The van der Waals surface area contributed by atoms with Gasteiger partial charge in [0.25, 0.3) is 0 Å². The summed E-state index contributed by atoms with van der Waals surface area (Å²) in [6.45, 7) is 9.29. The highest BCUT2D eigenvalue weighted by Gasteiger charge is 2.10. The lowest BCUT2D eigenvalue weighted by atomic mass is 10.2. The molecule has 0 fully saturated rings. The normalized spacial score (nSPS) is 11.0. The van der Waals surface area contributed by atoms with Gasteiger partial charge in [-0.3, -0.25) is 0 Å². The van der Waals surface area contributed by atoms with Crippen LogP contribution in [0.4, 0.5) is 5.69 Å². The number of anilines is 1. The highest BCUT2D eigenvalue weighted by atomic mass is 15.3. The molecular weight excluding hydrogens is 236 g/mol. The van der Waals surface area contributed by atoms with Gasteiger partial charge >= 0.3 is 0 Å². The maximum atomic E-state index is 4.26. The van der Waals surface area contributed by atoms with Crippen LogP contribution in [0.3, 0.4) is 0 Å². The monoisotopic (exact) mass is 258 g/mol. The van der Waals surface area contributed by atoms with Crippen LogP contribution in [-0.2, 0) is 6.42 Å². The first-order valence-electron chi connectivity index (χ1n) is 6.79. The molecule has 0 unspecified atom stereocenters. The van der Waals surface area contributed by atoms with Gasteiger partial charge in [0.1, 0.15) is 11.6 Å². The average Bonchev–Trinajstić information content (AvgIpc) is 2.73. The zero-order valence-electron chi connectivity index (χ0n) is 12.1. The molecule has 0 aliphatic carbocycles. The molecular formula is C15H22N4. The SMILES string of the molecule is Cc1ccc(NCCc2nnc(C)n2C(C)C)cc1. The quantitative estimate of drug-likeness (QED) is 0.896. The van der Waals surface area contributed by atoms with Crippen molar-refractivity contribution in [2.75, 3.05) is 11.9 Å². The van der Waals surface area contributed by atoms with Crippen LogP contribution in [0.25, 0.3) is 0 Å². The first-order chi connectivity index (χ1) is 9.08. The smallest absolute Gasteiger partial charge is 0.135 e. The second kappa shape index (κ2) is 5.87. The molecule has 0 saturated carbocycles. The lowest BCUT2D eigenvalue weighted by molar-refractivity contribution is 0.555. The molecule has 102 valence electrons. The van der Waals surface area contributed by atoms with Crippen LogP contribution in [0.2, 0.25) is 0 Å². The van der Waals surface area contributed by atoms with Crippen LogP contribution in [-0.4, -0.2) is 21.3 Å². The Labute approximate surface area is 114 Å². The van der Waals surface area contributed by atoms with Gasteiger partial charge in [0, 0.05) is 24.7 Å². The van der Waals surface area contributed by atoms with E-state index in [9.17, 15) is 0 Å². The molecule has 2 rings (SSSR count). The van der Waals surface area contributed by atoms with Crippen LogP contribution in [0.1, 0.15) is 37.1 Å². The molecule has 4 heteroatoms. The summed E-state index contributed by atoms with van der Waals surface area (Å²) in [6, 6.07) is 8.85.